The molecule has 1 N–H and O–H groups in total. The van der Waals surface area contributed by atoms with E-state index in [1.54, 1.807) is 30.0 Å². The highest BCUT2D eigenvalue weighted by Gasteiger charge is 2.29. The molecule has 5 rings (SSSR count). The number of rotatable bonds is 4. The lowest BCUT2D eigenvalue weighted by atomic mass is 9.95. The van der Waals surface area contributed by atoms with Crippen LogP contribution in [0, 0.1) is 11.7 Å². The van der Waals surface area contributed by atoms with E-state index >= 15 is 4.39 Å². The molecule has 1 aromatic heterocycles. The first kappa shape index (κ1) is 23.8. The van der Waals surface area contributed by atoms with Crippen molar-refractivity contribution in [2.24, 2.45) is 5.92 Å². The number of hydrogen-bond acceptors (Lipinski definition) is 3. The Hall–Kier alpha value is -3.94. The quantitative estimate of drug-likeness (QED) is 0.592. The minimum absolute atomic E-state index is 0.0283. The summed E-state index contributed by atoms with van der Waals surface area (Å²) in [6.45, 7) is 1.25. The first-order valence-corrected chi connectivity index (χ1v) is 12.3. The Morgan fingerprint density at radius 1 is 1.17 bits per heavy atom. The minimum atomic E-state index is -0.484. The number of benzene rings is 2. The second-order valence-electron chi connectivity index (χ2n) is 9.67. The summed E-state index contributed by atoms with van der Waals surface area (Å²) in [6, 6.07) is 11.1. The first-order chi connectivity index (χ1) is 17.4. The van der Waals surface area contributed by atoms with Gasteiger partial charge in [-0.2, -0.15) is 5.10 Å². The molecule has 1 atom stereocenters. The average Bonchev–Trinajstić information content (AvgIpc) is 3.45. The molecule has 1 fully saturated rings. The number of aryl methyl sites for hydroxylation is 1. The van der Waals surface area contributed by atoms with Crippen molar-refractivity contribution in [3.8, 4) is 16.8 Å². The average molecular weight is 488 g/mol. The monoisotopic (exact) mass is 487 g/mol. The molecular weight excluding hydrogens is 457 g/mol. The summed E-state index contributed by atoms with van der Waals surface area (Å²) >= 11 is 0. The van der Waals surface area contributed by atoms with Gasteiger partial charge in [0.1, 0.15) is 11.6 Å². The normalized spacial score (nSPS) is 17.1. The van der Waals surface area contributed by atoms with Crippen LogP contribution in [-0.2, 0) is 12.8 Å². The standard InChI is InChI=1S/C28H30FN5O2/c1-32(2)28(36)33-14-13-19(18-33)15-26-30-31-27(35)34(26)25-12-11-23(17-24(25)29)22-10-9-20-7-5-3-4-6-8-21(20)16-22/h3-5,7,9-12,16-17,19H,6,8,13-15,18H2,1-2H3,(H,31,35). The molecule has 8 heteroatoms. The fourth-order valence-corrected chi connectivity index (χ4v) is 5.03. The number of carbonyl (C=O) groups is 1. The molecule has 7 nitrogen and oxygen atoms in total. The van der Waals surface area contributed by atoms with E-state index in [-0.39, 0.29) is 17.6 Å². The van der Waals surface area contributed by atoms with Crippen LogP contribution in [-0.4, -0.2) is 57.8 Å². The summed E-state index contributed by atoms with van der Waals surface area (Å²) in [5.74, 6) is 0.136. The Labute approximate surface area is 209 Å². The lowest BCUT2D eigenvalue weighted by Crippen LogP contribution is -2.37. The molecule has 0 spiro atoms. The van der Waals surface area contributed by atoms with E-state index in [2.05, 4.69) is 40.6 Å². The van der Waals surface area contributed by atoms with E-state index in [4.69, 9.17) is 0 Å². The van der Waals surface area contributed by atoms with Crippen molar-refractivity contribution in [1.29, 1.82) is 0 Å². The molecule has 36 heavy (non-hydrogen) atoms. The molecular formula is C28H30FN5O2. The van der Waals surface area contributed by atoms with Gasteiger partial charge < -0.3 is 9.80 Å². The van der Waals surface area contributed by atoms with Crippen molar-refractivity contribution in [2.45, 2.75) is 25.7 Å². The number of nitrogens with zero attached hydrogens (tertiary/aromatic N) is 4. The number of hydrogen-bond donors (Lipinski definition) is 1. The maximum atomic E-state index is 15.4. The van der Waals surface area contributed by atoms with Gasteiger partial charge in [0.25, 0.3) is 0 Å². The van der Waals surface area contributed by atoms with Crippen LogP contribution in [0.4, 0.5) is 9.18 Å². The molecule has 0 radical (unpaired) electrons. The smallest absolute Gasteiger partial charge is 0.331 e. The van der Waals surface area contributed by atoms with Crippen LogP contribution in [0.2, 0.25) is 0 Å². The van der Waals surface area contributed by atoms with E-state index in [0.717, 1.165) is 30.4 Å². The van der Waals surface area contributed by atoms with Crippen molar-refractivity contribution in [3.63, 3.8) is 0 Å². The number of fused-ring (bicyclic) bond motifs is 1. The lowest BCUT2D eigenvalue weighted by Gasteiger charge is -2.21. The van der Waals surface area contributed by atoms with Crippen molar-refractivity contribution < 1.29 is 9.18 Å². The second-order valence-corrected chi connectivity index (χ2v) is 9.67. The third-order valence-electron chi connectivity index (χ3n) is 6.92. The molecule has 1 aliphatic carbocycles. The molecule has 0 bridgehead atoms. The largest absolute Gasteiger partial charge is 0.348 e. The van der Waals surface area contributed by atoms with Crippen LogP contribution >= 0.6 is 0 Å². The number of aromatic nitrogens is 3. The predicted molar refractivity (Wildman–Crippen MR) is 139 cm³/mol. The zero-order valence-corrected chi connectivity index (χ0v) is 20.6. The summed E-state index contributed by atoms with van der Waals surface area (Å²) < 4.78 is 16.7. The Bertz CT molecular complexity index is 1400. The Morgan fingerprint density at radius 3 is 2.78 bits per heavy atom. The molecule has 3 aromatic rings. The molecule has 1 saturated heterocycles. The highest BCUT2D eigenvalue weighted by molar-refractivity contribution is 5.74. The summed E-state index contributed by atoms with van der Waals surface area (Å²) in [6.07, 6.45) is 11.5. The van der Waals surface area contributed by atoms with Gasteiger partial charge in [0, 0.05) is 33.6 Å². The minimum Gasteiger partial charge on any atom is -0.331 e. The Balaban J connectivity index is 1.39. The third kappa shape index (κ3) is 4.76. The second kappa shape index (κ2) is 9.97. The van der Waals surface area contributed by atoms with Crippen LogP contribution in [0.5, 0.6) is 0 Å². The van der Waals surface area contributed by atoms with E-state index in [9.17, 15) is 9.59 Å². The van der Waals surface area contributed by atoms with Gasteiger partial charge in [-0.25, -0.2) is 23.6 Å². The molecule has 2 aromatic carbocycles. The number of H-pyrrole nitrogens is 1. The van der Waals surface area contributed by atoms with Crippen molar-refractivity contribution in [2.75, 3.05) is 27.2 Å². The van der Waals surface area contributed by atoms with E-state index in [1.165, 1.54) is 21.8 Å². The number of allylic oxidation sites excluding steroid dienone is 3. The van der Waals surface area contributed by atoms with Crippen molar-refractivity contribution in [3.05, 3.63) is 87.9 Å². The molecule has 2 aliphatic rings. The van der Waals surface area contributed by atoms with Crippen molar-refractivity contribution in [1.82, 2.24) is 24.6 Å². The van der Waals surface area contributed by atoms with Gasteiger partial charge in [0.15, 0.2) is 0 Å². The van der Waals surface area contributed by atoms with Gasteiger partial charge >= 0.3 is 11.7 Å². The van der Waals surface area contributed by atoms with Gasteiger partial charge in [-0.05, 0) is 59.6 Å². The molecule has 1 aliphatic heterocycles. The fraction of sp³-hybridized carbons (Fsp3) is 0.321. The van der Waals surface area contributed by atoms with Crippen LogP contribution in [0.15, 0.2) is 59.4 Å². The third-order valence-corrected chi connectivity index (χ3v) is 6.92. The Morgan fingerprint density at radius 2 is 1.97 bits per heavy atom. The van der Waals surface area contributed by atoms with Gasteiger partial charge in [-0.3, -0.25) is 0 Å². The maximum Gasteiger partial charge on any atom is 0.348 e. The van der Waals surface area contributed by atoms with Crippen LogP contribution < -0.4 is 5.69 Å². The van der Waals surface area contributed by atoms with Gasteiger partial charge in [-0.15, -0.1) is 0 Å². The number of halogens is 1. The number of nitrogens with one attached hydrogen (secondary N) is 1. The fourth-order valence-electron chi connectivity index (χ4n) is 5.03. The summed E-state index contributed by atoms with van der Waals surface area (Å²) in [5, 5.41) is 6.65. The number of amides is 2. The van der Waals surface area contributed by atoms with E-state index in [0.29, 0.717) is 25.3 Å². The summed E-state index contributed by atoms with van der Waals surface area (Å²) in [4.78, 5) is 28.2. The SMILES string of the molecule is CN(C)C(=O)N1CCC(Cc2n[nH]c(=O)n2-c2ccc(-c3ccc4c(c3)CCC=CC=C4)cc2F)C1. The van der Waals surface area contributed by atoms with E-state index < -0.39 is 11.5 Å². The highest BCUT2D eigenvalue weighted by atomic mass is 19.1. The number of likely N-dealkylation sites (tertiary alicyclic amines) is 1. The van der Waals surface area contributed by atoms with Gasteiger partial charge in [0.2, 0.25) is 0 Å². The molecule has 2 amide bonds. The number of urea groups is 1. The number of aromatic amines is 1. The zero-order chi connectivity index (χ0) is 25.2. The molecule has 1 unspecified atom stereocenters. The molecule has 2 heterocycles. The summed E-state index contributed by atoms with van der Waals surface area (Å²) in [7, 11) is 3.46. The highest BCUT2D eigenvalue weighted by Crippen LogP contribution is 2.28. The summed E-state index contributed by atoms with van der Waals surface area (Å²) in [5.41, 5.74) is 3.79. The maximum absolute atomic E-state index is 15.4. The topological polar surface area (TPSA) is 74.2 Å². The van der Waals surface area contributed by atoms with Gasteiger partial charge in [0.05, 0.1) is 5.69 Å². The molecule has 186 valence electrons. The Kier molecular flexibility index (Phi) is 6.59. The molecule has 0 saturated carbocycles. The predicted octanol–water partition coefficient (Wildman–Crippen LogP) is 4.43. The zero-order valence-electron chi connectivity index (χ0n) is 20.6. The number of carbonyl (C=O) groups excluding carboxylic acids is 1. The lowest BCUT2D eigenvalue weighted by molar-refractivity contribution is 0.180. The first-order valence-electron chi connectivity index (χ1n) is 12.3. The van der Waals surface area contributed by atoms with Crippen LogP contribution in [0.3, 0.4) is 0 Å². The van der Waals surface area contributed by atoms with Crippen LogP contribution in [0.25, 0.3) is 22.9 Å². The van der Waals surface area contributed by atoms with Crippen molar-refractivity contribution >= 4 is 12.1 Å². The van der Waals surface area contributed by atoms with Crippen LogP contribution in [0.1, 0.15) is 29.8 Å². The van der Waals surface area contributed by atoms with E-state index in [1.807, 2.05) is 18.2 Å². The van der Waals surface area contributed by atoms with Gasteiger partial charge in [-0.1, -0.05) is 48.6 Å².